The van der Waals surface area contributed by atoms with Crippen molar-refractivity contribution in [1.82, 2.24) is 10.2 Å². The maximum atomic E-state index is 13.2. The largest absolute Gasteiger partial charge is 0.346 e. The van der Waals surface area contributed by atoms with Crippen molar-refractivity contribution < 1.29 is 9.59 Å². The maximum Gasteiger partial charge on any atom is 0.250 e. The molecule has 2 atom stereocenters. The van der Waals surface area contributed by atoms with Crippen LogP contribution in [-0.2, 0) is 9.59 Å². The van der Waals surface area contributed by atoms with Crippen molar-refractivity contribution in [2.75, 3.05) is 0 Å². The van der Waals surface area contributed by atoms with Gasteiger partial charge in [0.2, 0.25) is 5.91 Å². The van der Waals surface area contributed by atoms with Gasteiger partial charge in [-0.15, -0.1) is 11.3 Å². The van der Waals surface area contributed by atoms with Gasteiger partial charge in [-0.05, 0) is 49.4 Å². The van der Waals surface area contributed by atoms with Crippen molar-refractivity contribution in [3.05, 3.63) is 46.3 Å². The van der Waals surface area contributed by atoms with Crippen LogP contribution < -0.4 is 5.32 Å². The molecule has 0 fully saturated rings. The summed E-state index contributed by atoms with van der Waals surface area (Å²) in [4.78, 5) is 32.4. The highest BCUT2D eigenvalue weighted by atomic mass is 32.1. The number of amides is 2. The Labute approximate surface area is 152 Å². The van der Waals surface area contributed by atoms with Crippen LogP contribution in [0, 0.1) is 0 Å². The number of nitrogens with one attached hydrogen (secondary N) is 1. The third-order valence-corrected chi connectivity index (χ3v) is 5.60. The van der Waals surface area contributed by atoms with E-state index in [-0.39, 0.29) is 24.3 Å². The van der Waals surface area contributed by atoms with E-state index in [1.807, 2.05) is 54.6 Å². The minimum atomic E-state index is -0.967. The fraction of sp³-hybridized carbons (Fsp3) is 0.421. The average molecular weight is 357 g/mol. The number of fused-ring (bicyclic) bond motifs is 1. The van der Waals surface area contributed by atoms with Crippen molar-refractivity contribution in [1.29, 1.82) is 0 Å². The first-order valence-electron chi connectivity index (χ1n) is 8.56. The van der Waals surface area contributed by atoms with Crippen LogP contribution in [0.15, 0.2) is 46.4 Å². The Morgan fingerprint density at radius 3 is 3.00 bits per heavy atom. The highest BCUT2D eigenvalue weighted by Crippen LogP contribution is 2.31. The highest BCUT2D eigenvalue weighted by molar-refractivity contribution is 7.10. The van der Waals surface area contributed by atoms with Crippen LogP contribution >= 0.6 is 11.3 Å². The SMILES string of the molecule is CCC[C@H](NC(=O)[C@@]1(C)CC(=O)N=C2C=C(C)C=CN21)c1cccs1. The Hall–Kier alpha value is -2.21. The van der Waals surface area contributed by atoms with Gasteiger partial charge < -0.3 is 10.2 Å². The lowest BCUT2D eigenvalue weighted by molar-refractivity contribution is -0.135. The first-order valence-corrected chi connectivity index (χ1v) is 9.43. The third-order valence-electron chi connectivity index (χ3n) is 4.61. The molecule has 6 heteroatoms. The van der Waals surface area contributed by atoms with E-state index in [1.54, 1.807) is 11.3 Å². The van der Waals surface area contributed by atoms with E-state index in [0.29, 0.717) is 5.84 Å². The molecule has 132 valence electrons. The summed E-state index contributed by atoms with van der Waals surface area (Å²) in [5.74, 6) is 0.140. The molecule has 3 heterocycles. The molecule has 2 aliphatic heterocycles. The number of aliphatic imine (C=N–C) groups is 1. The van der Waals surface area contributed by atoms with Gasteiger partial charge in [0.25, 0.3) is 5.91 Å². The average Bonchev–Trinajstić information content (AvgIpc) is 3.07. The lowest BCUT2D eigenvalue weighted by Crippen LogP contribution is -2.60. The summed E-state index contributed by atoms with van der Waals surface area (Å²) in [5, 5.41) is 5.18. The zero-order chi connectivity index (χ0) is 18.0. The molecule has 1 aromatic rings. The van der Waals surface area contributed by atoms with Crippen LogP contribution in [0.4, 0.5) is 0 Å². The minimum Gasteiger partial charge on any atom is -0.346 e. The standard InChI is InChI=1S/C19H23N3O2S/c1-4-6-14(15-7-5-10-25-15)20-18(24)19(3)12-17(23)21-16-11-13(2)8-9-22(16)19/h5,7-11,14H,4,6,12H2,1-3H3,(H,20,24)/t14-,19+/m0/s1. The number of hydrogen-bond acceptors (Lipinski definition) is 4. The van der Waals surface area contributed by atoms with E-state index in [4.69, 9.17) is 0 Å². The van der Waals surface area contributed by atoms with E-state index in [0.717, 1.165) is 23.3 Å². The first-order chi connectivity index (χ1) is 11.9. The van der Waals surface area contributed by atoms with Crippen LogP contribution in [0.3, 0.4) is 0 Å². The quantitative estimate of drug-likeness (QED) is 0.876. The van der Waals surface area contributed by atoms with E-state index >= 15 is 0 Å². The lowest BCUT2D eigenvalue weighted by atomic mass is 9.90. The number of carbonyl (C=O) groups is 2. The second kappa shape index (κ2) is 6.96. The fourth-order valence-corrected chi connectivity index (χ4v) is 4.02. The van der Waals surface area contributed by atoms with Crippen molar-refractivity contribution in [2.45, 2.75) is 51.6 Å². The van der Waals surface area contributed by atoms with Crippen LogP contribution in [-0.4, -0.2) is 28.1 Å². The monoisotopic (exact) mass is 357 g/mol. The van der Waals surface area contributed by atoms with Crippen LogP contribution in [0.5, 0.6) is 0 Å². The number of thiophene rings is 1. The summed E-state index contributed by atoms with van der Waals surface area (Å²) in [5.41, 5.74) is 0.0420. The van der Waals surface area contributed by atoms with Gasteiger partial charge in [0, 0.05) is 11.1 Å². The molecule has 0 spiro atoms. The van der Waals surface area contributed by atoms with E-state index in [9.17, 15) is 9.59 Å². The molecule has 0 radical (unpaired) electrons. The molecule has 0 saturated carbocycles. The Balaban J connectivity index is 1.86. The molecule has 3 rings (SSSR count). The summed E-state index contributed by atoms with van der Waals surface area (Å²) >= 11 is 1.64. The first kappa shape index (κ1) is 17.6. The predicted octanol–water partition coefficient (Wildman–Crippen LogP) is 3.57. The summed E-state index contributed by atoms with van der Waals surface area (Å²) in [6, 6.07) is 4.00. The smallest absolute Gasteiger partial charge is 0.250 e. The van der Waals surface area contributed by atoms with Crippen LogP contribution in [0.25, 0.3) is 0 Å². The number of nitrogens with zero attached hydrogens (tertiary/aromatic N) is 2. The van der Waals surface area contributed by atoms with Crippen molar-refractivity contribution in [3.8, 4) is 0 Å². The number of rotatable bonds is 5. The minimum absolute atomic E-state index is 0.0298. The van der Waals surface area contributed by atoms with Gasteiger partial charge in [-0.1, -0.05) is 19.4 Å². The molecule has 1 aromatic heterocycles. The van der Waals surface area contributed by atoms with Gasteiger partial charge in [0.05, 0.1) is 12.5 Å². The summed E-state index contributed by atoms with van der Waals surface area (Å²) in [6.07, 6.45) is 7.53. The normalized spacial score (nSPS) is 23.6. The number of hydrogen-bond donors (Lipinski definition) is 1. The lowest BCUT2D eigenvalue weighted by Gasteiger charge is -2.42. The molecular weight excluding hydrogens is 334 g/mol. The zero-order valence-electron chi connectivity index (χ0n) is 14.8. The van der Waals surface area contributed by atoms with E-state index in [1.165, 1.54) is 0 Å². The maximum absolute atomic E-state index is 13.2. The highest BCUT2D eigenvalue weighted by Gasteiger charge is 2.45. The Morgan fingerprint density at radius 2 is 2.32 bits per heavy atom. The topological polar surface area (TPSA) is 61.8 Å². The van der Waals surface area contributed by atoms with Gasteiger partial charge in [0.15, 0.2) is 0 Å². The Morgan fingerprint density at radius 1 is 1.52 bits per heavy atom. The van der Waals surface area contributed by atoms with Crippen LogP contribution in [0.1, 0.15) is 51.0 Å². The fourth-order valence-electron chi connectivity index (χ4n) is 3.21. The molecule has 2 amide bonds. The van der Waals surface area contributed by atoms with Gasteiger partial charge in [0.1, 0.15) is 11.4 Å². The van der Waals surface area contributed by atoms with Gasteiger partial charge in [-0.25, -0.2) is 0 Å². The molecular formula is C19H23N3O2S. The molecule has 0 aromatic carbocycles. The van der Waals surface area contributed by atoms with Crippen molar-refractivity contribution >= 4 is 29.0 Å². The molecule has 2 aliphatic rings. The zero-order valence-corrected chi connectivity index (χ0v) is 15.6. The molecule has 0 bridgehead atoms. The van der Waals surface area contributed by atoms with Gasteiger partial charge in [-0.2, -0.15) is 4.99 Å². The number of amidine groups is 1. The third kappa shape index (κ3) is 3.44. The summed E-state index contributed by atoms with van der Waals surface area (Å²) in [6.45, 7) is 5.86. The molecule has 0 aliphatic carbocycles. The van der Waals surface area contributed by atoms with Crippen LogP contribution in [0.2, 0.25) is 0 Å². The molecule has 5 nitrogen and oxygen atoms in total. The summed E-state index contributed by atoms with van der Waals surface area (Å²) in [7, 11) is 0. The van der Waals surface area contributed by atoms with E-state index < -0.39 is 5.54 Å². The number of carbonyl (C=O) groups excluding carboxylic acids is 2. The Bertz CT molecular complexity index is 764. The van der Waals surface area contributed by atoms with Gasteiger partial charge >= 0.3 is 0 Å². The Kier molecular flexibility index (Phi) is 4.90. The molecule has 1 N–H and O–H groups in total. The van der Waals surface area contributed by atoms with Gasteiger partial charge in [-0.3, -0.25) is 9.59 Å². The van der Waals surface area contributed by atoms with Crippen molar-refractivity contribution in [2.24, 2.45) is 4.99 Å². The van der Waals surface area contributed by atoms with E-state index in [2.05, 4.69) is 17.2 Å². The second-order valence-corrected chi connectivity index (χ2v) is 7.70. The summed E-state index contributed by atoms with van der Waals surface area (Å²) < 4.78 is 0. The number of allylic oxidation sites excluding steroid dienone is 2. The molecule has 0 unspecified atom stereocenters. The molecule has 0 saturated heterocycles. The second-order valence-electron chi connectivity index (χ2n) is 6.72. The predicted molar refractivity (Wildman–Crippen MR) is 100 cm³/mol. The molecule has 25 heavy (non-hydrogen) atoms. The van der Waals surface area contributed by atoms with Crippen molar-refractivity contribution in [3.63, 3.8) is 0 Å².